The molecule has 4 rings (SSSR count). The highest BCUT2D eigenvalue weighted by molar-refractivity contribution is 14.1. The molecule has 1 aromatic heterocycles. The molecule has 0 bridgehead atoms. The first-order valence-corrected chi connectivity index (χ1v) is 10.7. The van der Waals surface area contributed by atoms with Gasteiger partial charge >= 0.3 is 0 Å². The standard InChI is InChI=1S/C19H22IN3O2S/c1-10(2)23-7-6-12-15(9-23)26-19-16(12)18(24)21-17(22-19)11-4-5-14(25-3)13(20)8-11/h4-5,8,10,17,22H,6-7,9H2,1-3H3,(H,21,24)/t17-/m1/s1. The number of thiophene rings is 1. The highest BCUT2D eigenvalue weighted by atomic mass is 127. The lowest BCUT2D eigenvalue weighted by atomic mass is 9.99. The van der Waals surface area contributed by atoms with Crippen LogP contribution in [0.4, 0.5) is 5.00 Å². The van der Waals surface area contributed by atoms with E-state index in [0.717, 1.165) is 45.0 Å². The smallest absolute Gasteiger partial charge is 0.256 e. The van der Waals surface area contributed by atoms with E-state index in [1.54, 1.807) is 18.4 Å². The van der Waals surface area contributed by atoms with E-state index in [4.69, 9.17) is 4.74 Å². The number of rotatable bonds is 3. The summed E-state index contributed by atoms with van der Waals surface area (Å²) in [6.45, 7) is 6.40. The van der Waals surface area contributed by atoms with Gasteiger partial charge in [0.05, 0.1) is 16.2 Å². The highest BCUT2D eigenvalue weighted by Gasteiger charge is 2.33. The summed E-state index contributed by atoms with van der Waals surface area (Å²) in [6.07, 6.45) is 0.732. The number of fused-ring (bicyclic) bond motifs is 3. The lowest BCUT2D eigenvalue weighted by Gasteiger charge is -2.31. The Labute approximate surface area is 171 Å². The molecule has 2 N–H and O–H groups in total. The van der Waals surface area contributed by atoms with Crippen LogP contribution >= 0.6 is 33.9 Å². The van der Waals surface area contributed by atoms with Crippen LogP contribution in [0.3, 0.4) is 0 Å². The second-order valence-corrected chi connectivity index (χ2v) is 9.23. The summed E-state index contributed by atoms with van der Waals surface area (Å²) >= 11 is 3.99. The molecule has 2 aliphatic rings. The zero-order valence-electron chi connectivity index (χ0n) is 15.1. The quantitative estimate of drug-likeness (QED) is 0.649. The van der Waals surface area contributed by atoms with Gasteiger partial charge in [-0.25, -0.2) is 0 Å². The van der Waals surface area contributed by atoms with Crippen LogP contribution in [0.2, 0.25) is 0 Å². The van der Waals surface area contributed by atoms with Crippen LogP contribution in [0.15, 0.2) is 18.2 Å². The summed E-state index contributed by atoms with van der Waals surface area (Å²) in [5.74, 6) is 0.877. The van der Waals surface area contributed by atoms with Crippen LogP contribution in [0, 0.1) is 3.57 Å². The van der Waals surface area contributed by atoms with Crippen molar-refractivity contribution in [3.05, 3.63) is 43.3 Å². The summed E-state index contributed by atoms with van der Waals surface area (Å²) in [6, 6.07) is 6.52. The van der Waals surface area contributed by atoms with Gasteiger partial charge in [0.25, 0.3) is 5.91 Å². The number of carbonyl (C=O) groups is 1. The molecule has 0 fully saturated rings. The molecule has 0 saturated heterocycles. The SMILES string of the molecule is COc1ccc([C@@H]2NC(=O)c3c(sc4c3CCN(C(C)C)C4)N2)cc1I. The Balaban J connectivity index is 1.63. The lowest BCUT2D eigenvalue weighted by Crippen LogP contribution is -2.39. The number of carbonyl (C=O) groups excluding carboxylic acids is 1. The van der Waals surface area contributed by atoms with Gasteiger partial charge < -0.3 is 15.4 Å². The minimum atomic E-state index is -0.212. The fourth-order valence-electron chi connectivity index (χ4n) is 3.61. The second kappa shape index (κ2) is 7.01. The highest BCUT2D eigenvalue weighted by Crippen LogP contribution is 2.41. The van der Waals surface area contributed by atoms with E-state index < -0.39 is 0 Å². The van der Waals surface area contributed by atoms with E-state index in [1.165, 1.54) is 10.4 Å². The third kappa shape index (κ3) is 3.10. The second-order valence-electron chi connectivity index (χ2n) is 6.97. The van der Waals surface area contributed by atoms with Crippen LogP contribution in [0.25, 0.3) is 0 Å². The molecule has 1 atom stereocenters. The lowest BCUT2D eigenvalue weighted by molar-refractivity contribution is 0.0934. The normalized spacial score (nSPS) is 19.6. The monoisotopic (exact) mass is 483 g/mol. The minimum Gasteiger partial charge on any atom is -0.496 e. The van der Waals surface area contributed by atoms with Crippen molar-refractivity contribution in [1.29, 1.82) is 0 Å². The number of nitrogens with zero attached hydrogens (tertiary/aromatic N) is 1. The van der Waals surface area contributed by atoms with Crippen molar-refractivity contribution in [3.63, 3.8) is 0 Å². The molecule has 7 heteroatoms. The first-order valence-electron chi connectivity index (χ1n) is 8.77. The van der Waals surface area contributed by atoms with Crippen LogP contribution in [0.5, 0.6) is 5.75 Å². The van der Waals surface area contributed by atoms with Gasteiger partial charge in [0, 0.05) is 24.0 Å². The van der Waals surface area contributed by atoms with Crippen molar-refractivity contribution in [2.24, 2.45) is 0 Å². The first kappa shape index (κ1) is 18.1. The van der Waals surface area contributed by atoms with E-state index in [9.17, 15) is 4.79 Å². The molecule has 2 aromatic rings. The summed E-state index contributed by atoms with van der Waals surface area (Å²) in [4.78, 5) is 16.6. The van der Waals surface area contributed by atoms with Crippen LogP contribution in [-0.4, -0.2) is 30.5 Å². The fraction of sp³-hybridized carbons (Fsp3) is 0.421. The Morgan fingerprint density at radius 3 is 2.85 bits per heavy atom. The predicted octanol–water partition coefficient (Wildman–Crippen LogP) is 3.98. The van der Waals surface area contributed by atoms with E-state index in [1.807, 2.05) is 12.1 Å². The minimum absolute atomic E-state index is 0.0325. The topological polar surface area (TPSA) is 53.6 Å². The number of hydrogen-bond donors (Lipinski definition) is 2. The Bertz CT molecular complexity index is 865. The molecule has 3 heterocycles. The molecule has 2 aliphatic heterocycles. The van der Waals surface area contributed by atoms with Gasteiger partial charge in [-0.15, -0.1) is 11.3 Å². The summed E-state index contributed by atoms with van der Waals surface area (Å²) in [7, 11) is 1.67. The van der Waals surface area contributed by atoms with Gasteiger partial charge in [-0.3, -0.25) is 9.69 Å². The molecule has 1 amide bonds. The molecule has 0 radical (unpaired) electrons. The van der Waals surface area contributed by atoms with Gasteiger partial charge in [-0.05, 0) is 66.1 Å². The Kier molecular flexibility index (Phi) is 4.87. The molecule has 0 unspecified atom stereocenters. The number of halogens is 1. The number of benzene rings is 1. The van der Waals surface area contributed by atoms with E-state index in [2.05, 4.69) is 58.0 Å². The zero-order valence-corrected chi connectivity index (χ0v) is 18.0. The van der Waals surface area contributed by atoms with Crippen molar-refractivity contribution < 1.29 is 9.53 Å². The van der Waals surface area contributed by atoms with Crippen LogP contribution < -0.4 is 15.4 Å². The van der Waals surface area contributed by atoms with Crippen molar-refractivity contribution in [2.75, 3.05) is 19.0 Å². The van der Waals surface area contributed by atoms with Crippen molar-refractivity contribution in [1.82, 2.24) is 10.2 Å². The maximum Gasteiger partial charge on any atom is 0.256 e. The van der Waals surface area contributed by atoms with Crippen molar-refractivity contribution >= 4 is 44.8 Å². The van der Waals surface area contributed by atoms with Crippen LogP contribution in [0.1, 0.15) is 46.4 Å². The molecular weight excluding hydrogens is 461 g/mol. The number of nitrogens with one attached hydrogen (secondary N) is 2. The maximum atomic E-state index is 12.8. The maximum absolute atomic E-state index is 12.8. The van der Waals surface area contributed by atoms with Gasteiger partial charge in [-0.2, -0.15) is 0 Å². The Morgan fingerprint density at radius 2 is 2.15 bits per heavy atom. The number of methoxy groups -OCH3 is 1. The molecule has 138 valence electrons. The van der Waals surface area contributed by atoms with Gasteiger partial charge in [0.1, 0.15) is 16.9 Å². The summed E-state index contributed by atoms with van der Waals surface area (Å²) in [5, 5.41) is 7.66. The number of hydrogen-bond acceptors (Lipinski definition) is 5. The summed E-state index contributed by atoms with van der Waals surface area (Å²) in [5.41, 5.74) is 3.12. The average Bonchev–Trinajstić information content (AvgIpc) is 2.99. The molecular formula is C19H22IN3O2S. The number of ether oxygens (including phenoxy) is 1. The number of anilines is 1. The molecule has 1 aromatic carbocycles. The van der Waals surface area contributed by atoms with E-state index >= 15 is 0 Å². The molecule has 5 nitrogen and oxygen atoms in total. The third-order valence-corrected chi connectivity index (χ3v) is 7.09. The van der Waals surface area contributed by atoms with Gasteiger partial charge in [0.2, 0.25) is 0 Å². The average molecular weight is 483 g/mol. The van der Waals surface area contributed by atoms with E-state index in [-0.39, 0.29) is 12.1 Å². The van der Waals surface area contributed by atoms with E-state index in [0.29, 0.717) is 6.04 Å². The first-order chi connectivity index (χ1) is 12.5. The Hall–Kier alpha value is -1.32. The fourth-order valence-corrected chi connectivity index (χ4v) is 5.66. The zero-order chi connectivity index (χ0) is 18.4. The molecule has 26 heavy (non-hydrogen) atoms. The Morgan fingerprint density at radius 1 is 1.35 bits per heavy atom. The predicted molar refractivity (Wildman–Crippen MR) is 113 cm³/mol. The molecule has 0 saturated carbocycles. The van der Waals surface area contributed by atoms with Gasteiger partial charge in [-0.1, -0.05) is 6.07 Å². The largest absolute Gasteiger partial charge is 0.496 e. The van der Waals surface area contributed by atoms with Crippen molar-refractivity contribution in [2.45, 2.75) is 39.0 Å². The number of amides is 1. The molecule has 0 aliphatic carbocycles. The van der Waals surface area contributed by atoms with Gasteiger partial charge in [0.15, 0.2) is 0 Å². The van der Waals surface area contributed by atoms with Crippen LogP contribution in [-0.2, 0) is 13.0 Å². The van der Waals surface area contributed by atoms with Crippen molar-refractivity contribution in [3.8, 4) is 5.75 Å². The molecule has 0 spiro atoms. The third-order valence-electron chi connectivity index (χ3n) is 5.10. The summed E-state index contributed by atoms with van der Waals surface area (Å²) < 4.78 is 6.36.